The molecule has 0 bridgehead atoms. The van der Waals surface area contributed by atoms with Crippen LogP contribution in [-0.4, -0.2) is 34.0 Å². The van der Waals surface area contributed by atoms with E-state index in [0.29, 0.717) is 6.54 Å². The number of carbonyl (C=O) groups excluding carboxylic acids is 1. The Morgan fingerprint density at radius 3 is 2.57 bits per heavy atom. The fraction of sp³-hybridized carbons (Fsp3) is 0.500. The SMILES string of the molecule is CC1(CNS(=O)(=O)c2ccc(C(N)=O)cc2)CCCNC1. The number of piperidine rings is 1. The molecule has 1 atom stereocenters. The Hall–Kier alpha value is -1.44. The van der Waals surface area contributed by atoms with Gasteiger partial charge >= 0.3 is 0 Å². The van der Waals surface area contributed by atoms with E-state index in [2.05, 4.69) is 17.0 Å². The van der Waals surface area contributed by atoms with Gasteiger partial charge in [-0.05, 0) is 49.1 Å². The highest BCUT2D eigenvalue weighted by Gasteiger charge is 2.28. The van der Waals surface area contributed by atoms with E-state index in [1.165, 1.54) is 24.3 Å². The largest absolute Gasteiger partial charge is 0.366 e. The zero-order valence-corrected chi connectivity index (χ0v) is 12.9. The van der Waals surface area contributed by atoms with E-state index in [9.17, 15) is 13.2 Å². The smallest absolute Gasteiger partial charge is 0.248 e. The molecule has 0 radical (unpaired) electrons. The fourth-order valence-electron chi connectivity index (χ4n) is 2.42. The van der Waals surface area contributed by atoms with Crippen molar-refractivity contribution >= 4 is 15.9 Å². The molecular weight excluding hydrogens is 290 g/mol. The summed E-state index contributed by atoms with van der Waals surface area (Å²) in [6.07, 6.45) is 2.04. The summed E-state index contributed by atoms with van der Waals surface area (Å²) >= 11 is 0. The summed E-state index contributed by atoms with van der Waals surface area (Å²) in [5.74, 6) is -0.576. The standard InChI is InChI=1S/C14H21N3O3S/c1-14(7-2-8-16-9-14)10-17-21(19,20)12-5-3-11(4-6-12)13(15)18/h3-6,16-17H,2,7-10H2,1H3,(H2,15,18). The van der Waals surface area contributed by atoms with Gasteiger partial charge in [0.05, 0.1) is 4.90 Å². The van der Waals surface area contributed by atoms with Gasteiger partial charge in [-0.1, -0.05) is 6.92 Å². The highest BCUT2D eigenvalue weighted by molar-refractivity contribution is 7.89. The van der Waals surface area contributed by atoms with E-state index in [4.69, 9.17) is 5.73 Å². The van der Waals surface area contributed by atoms with Crippen LogP contribution >= 0.6 is 0 Å². The summed E-state index contributed by atoms with van der Waals surface area (Å²) in [6.45, 7) is 4.24. The van der Waals surface area contributed by atoms with E-state index < -0.39 is 15.9 Å². The van der Waals surface area contributed by atoms with Crippen LogP contribution in [0.2, 0.25) is 0 Å². The number of amides is 1. The third-order valence-corrected chi connectivity index (χ3v) is 5.24. The van der Waals surface area contributed by atoms with Gasteiger partial charge in [0.25, 0.3) is 0 Å². The van der Waals surface area contributed by atoms with Gasteiger partial charge in [0.2, 0.25) is 15.9 Å². The first-order valence-electron chi connectivity index (χ1n) is 6.93. The van der Waals surface area contributed by atoms with Crippen molar-refractivity contribution in [1.82, 2.24) is 10.0 Å². The molecule has 4 N–H and O–H groups in total. The van der Waals surface area contributed by atoms with Crippen LogP contribution in [0.25, 0.3) is 0 Å². The van der Waals surface area contributed by atoms with E-state index in [1.54, 1.807) is 0 Å². The highest BCUT2D eigenvalue weighted by Crippen LogP contribution is 2.25. The van der Waals surface area contributed by atoms with Gasteiger partial charge < -0.3 is 11.1 Å². The maximum atomic E-state index is 12.3. The highest BCUT2D eigenvalue weighted by atomic mass is 32.2. The fourth-order valence-corrected chi connectivity index (χ4v) is 3.62. The minimum absolute atomic E-state index is 0.0709. The molecule has 0 saturated carbocycles. The number of benzene rings is 1. The third-order valence-electron chi connectivity index (χ3n) is 3.82. The van der Waals surface area contributed by atoms with Gasteiger partial charge in [-0.15, -0.1) is 0 Å². The number of rotatable bonds is 5. The summed E-state index contributed by atoms with van der Waals surface area (Å²) in [7, 11) is -3.57. The molecule has 1 amide bonds. The Morgan fingerprint density at radius 1 is 1.38 bits per heavy atom. The normalized spacial score (nSPS) is 22.9. The van der Waals surface area contributed by atoms with Crippen molar-refractivity contribution in [2.45, 2.75) is 24.7 Å². The van der Waals surface area contributed by atoms with Crippen molar-refractivity contribution in [2.24, 2.45) is 11.1 Å². The van der Waals surface area contributed by atoms with Crippen LogP contribution in [0.5, 0.6) is 0 Å². The molecule has 1 saturated heterocycles. The molecule has 0 aliphatic carbocycles. The van der Waals surface area contributed by atoms with Gasteiger partial charge in [0.1, 0.15) is 0 Å². The molecule has 1 fully saturated rings. The van der Waals surface area contributed by atoms with Crippen LogP contribution in [0.1, 0.15) is 30.1 Å². The van der Waals surface area contributed by atoms with Crippen molar-refractivity contribution in [2.75, 3.05) is 19.6 Å². The van der Waals surface area contributed by atoms with E-state index in [0.717, 1.165) is 25.9 Å². The number of sulfonamides is 1. The van der Waals surface area contributed by atoms with Crippen molar-refractivity contribution in [1.29, 1.82) is 0 Å². The van der Waals surface area contributed by atoms with Crippen LogP contribution in [0.3, 0.4) is 0 Å². The molecule has 1 unspecified atom stereocenters. The quantitative estimate of drug-likeness (QED) is 0.735. The van der Waals surface area contributed by atoms with E-state index in [1.807, 2.05) is 0 Å². The number of carbonyl (C=O) groups is 1. The van der Waals surface area contributed by atoms with Gasteiger partial charge in [-0.3, -0.25) is 4.79 Å². The van der Waals surface area contributed by atoms with Gasteiger partial charge in [-0.25, -0.2) is 13.1 Å². The van der Waals surface area contributed by atoms with E-state index in [-0.39, 0.29) is 15.9 Å². The Balaban J connectivity index is 2.05. The lowest BCUT2D eigenvalue weighted by atomic mass is 9.83. The second-order valence-corrected chi connectivity index (χ2v) is 7.57. The van der Waals surface area contributed by atoms with Gasteiger partial charge in [0.15, 0.2) is 0 Å². The summed E-state index contributed by atoms with van der Waals surface area (Å²) in [4.78, 5) is 11.1. The summed E-state index contributed by atoms with van der Waals surface area (Å²) in [5.41, 5.74) is 5.35. The number of hydrogen-bond acceptors (Lipinski definition) is 4. The Labute approximate surface area is 125 Å². The number of nitrogens with one attached hydrogen (secondary N) is 2. The minimum atomic E-state index is -3.57. The van der Waals surface area contributed by atoms with Crippen LogP contribution in [0.15, 0.2) is 29.2 Å². The number of nitrogens with two attached hydrogens (primary N) is 1. The maximum absolute atomic E-state index is 12.3. The van der Waals surface area contributed by atoms with E-state index >= 15 is 0 Å². The monoisotopic (exact) mass is 311 g/mol. The van der Waals surface area contributed by atoms with Crippen molar-refractivity contribution in [3.8, 4) is 0 Å². The number of primary amides is 1. The molecule has 1 aliphatic heterocycles. The van der Waals surface area contributed by atoms with Crippen molar-refractivity contribution < 1.29 is 13.2 Å². The third kappa shape index (κ3) is 4.03. The summed E-state index contributed by atoms with van der Waals surface area (Å²) in [5, 5.41) is 3.29. The molecule has 1 aliphatic rings. The zero-order chi connectivity index (χ0) is 15.5. The Morgan fingerprint density at radius 2 is 2.05 bits per heavy atom. The summed E-state index contributed by atoms with van der Waals surface area (Å²) in [6, 6.07) is 5.62. The van der Waals surface area contributed by atoms with Gasteiger partial charge in [0, 0.05) is 18.7 Å². The topological polar surface area (TPSA) is 101 Å². The lowest BCUT2D eigenvalue weighted by Gasteiger charge is -2.34. The Kier molecular flexibility index (Phi) is 4.65. The first-order valence-corrected chi connectivity index (χ1v) is 8.41. The maximum Gasteiger partial charge on any atom is 0.248 e. The minimum Gasteiger partial charge on any atom is -0.366 e. The number of hydrogen-bond donors (Lipinski definition) is 3. The lowest BCUT2D eigenvalue weighted by Crippen LogP contribution is -2.45. The molecule has 116 valence electrons. The Bertz CT molecular complexity index is 605. The molecule has 2 rings (SSSR count). The van der Waals surface area contributed by atoms with Crippen LogP contribution in [0, 0.1) is 5.41 Å². The molecule has 1 heterocycles. The predicted octanol–water partition coefficient (Wildman–Crippen LogP) is 0.454. The molecule has 0 spiro atoms. The second kappa shape index (κ2) is 6.13. The summed E-state index contributed by atoms with van der Waals surface area (Å²) < 4.78 is 27.2. The van der Waals surface area contributed by atoms with Crippen LogP contribution in [-0.2, 0) is 10.0 Å². The van der Waals surface area contributed by atoms with Gasteiger partial charge in [-0.2, -0.15) is 0 Å². The molecular formula is C14H21N3O3S. The molecule has 7 heteroatoms. The van der Waals surface area contributed by atoms with Crippen LogP contribution < -0.4 is 15.8 Å². The predicted molar refractivity (Wildman–Crippen MR) is 80.4 cm³/mol. The molecule has 0 aromatic heterocycles. The lowest BCUT2D eigenvalue weighted by molar-refractivity contribution is 0.1000. The molecule has 21 heavy (non-hydrogen) atoms. The molecule has 1 aromatic carbocycles. The molecule has 6 nitrogen and oxygen atoms in total. The first-order chi connectivity index (χ1) is 9.82. The van der Waals surface area contributed by atoms with Crippen molar-refractivity contribution in [3.63, 3.8) is 0 Å². The first kappa shape index (κ1) is 15.9. The average Bonchev–Trinajstić information content (AvgIpc) is 2.46. The molecule has 1 aromatic rings. The van der Waals surface area contributed by atoms with Crippen LogP contribution in [0.4, 0.5) is 0 Å². The second-order valence-electron chi connectivity index (χ2n) is 5.80. The zero-order valence-electron chi connectivity index (χ0n) is 12.1. The average molecular weight is 311 g/mol. The van der Waals surface area contributed by atoms with Crippen molar-refractivity contribution in [3.05, 3.63) is 29.8 Å².